The Morgan fingerprint density at radius 1 is 1.11 bits per heavy atom. The fraction of sp³-hybridized carbons (Fsp3) is 0.318. The summed E-state index contributed by atoms with van der Waals surface area (Å²) in [7, 11) is 0. The number of hydrogen-bond acceptors (Lipinski definition) is 6. The molecular formula is C22H21F4N3O7. The minimum atomic E-state index is -1.91. The number of aromatic nitrogens is 1. The maximum Gasteiger partial charge on any atom is 0.305 e. The molecule has 0 spiro atoms. The largest absolute Gasteiger partial charge is 0.481 e. The number of Topliss-reactive ketones (excluding diaryl/α,β-unsaturated/α-hetero) is 1. The van der Waals surface area contributed by atoms with Gasteiger partial charge >= 0.3 is 5.97 Å². The Labute approximate surface area is 200 Å². The molecule has 2 atom stereocenters. The summed E-state index contributed by atoms with van der Waals surface area (Å²) in [6.45, 7) is 1.44. The van der Waals surface area contributed by atoms with Crippen molar-refractivity contribution in [2.24, 2.45) is 0 Å². The maximum absolute atomic E-state index is 13.8. The van der Waals surface area contributed by atoms with Gasteiger partial charge in [0.25, 0.3) is 5.56 Å². The molecule has 2 amide bonds. The third-order valence-corrected chi connectivity index (χ3v) is 4.82. The Kier molecular flexibility index (Phi) is 9.30. The van der Waals surface area contributed by atoms with Crippen molar-refractivity contribution in [1.82, 2.24) is 9.88 Å². The lowest BCUT2D eigenvalue weighted by molar-refractivity contribution is -0.140. The summed E-state index contributed by atoms with van der Waals surface area (Å²) >= 11 is 0. The summed E-state index contributed by atoms with van der Waals surface area (Å²) in [5.41, 5.74) is -0.882. The van der Waals surface area contributed by atoms with Crippen molar-refractivity contribution in [2.75, 3.05) is 11.9 Å². The molecule has 1 aromatic carbocycles. The number of carbonyl (C=O) groups excluding carboxylic acids is 3. The average Bonchev–Trinajstić information content (AvgIpc) is 2.79. The molecule has 0 aliphatic heterocycles. The second-order valence-electron chi connectivity index (χ2n) is 7.45. The summed E-state index contributed by atoms with van der Waals surface area (Å²) in [6.07, 6.45) is 0.259. The smallest absolute Gasteiger partial charge is 0.305 e. The second kappa shape index (κ2) is 12.0. The molecule has 0 fully saturated rings. The van der Waals surface area contributed by atoms with E-state index in [2.05, 4.69) is 15.4 Å². The fourth-order valence-corrected chi connectivity index (χ4v) is 3.16. The maximum atomic E-state index is 13.8. The molecule has 0 saturated heterocycles. The zero-order valence-corrected chi connectivity index (χ0v) is 18.9. The number of halogens is 4. The van der Waals surface area contributed by atoms with Gasteiger partial charge in [0, 0.05) is 19.2 Å². The van der Waals surface area contributed by atoms with Gasteiger partial charge < -0.3 is 25.0 Å². The molecule has 2 aromatic rings. The van der Waals surface area contributed by atoms with Gasteiger partial charge in [0.2, 0.25) is 23.4 Å². The van der Waals surface area contributed by atoms with E-state index in [4.69, 9.17) is 5.11 Å². The van der Waals surface area contributed by atoms with Crippen molar-refractivity contribution in [1.29, 1.82) is 0 Å². The number of ketones is 1. The number of carboxylic acids is 1. The van der Waals surface area contributed by atoms with Crippen LogP contribution < -0.4 is 20.9 Å². The van der Waals surface area contributed by atoms with E-state index < -0.39 is 83.3 Å². The van der Waals surface area contributed by atoms with Crippen molar-refractivity contribution in [3.8, 4) is 5.75 Å². The normalized spacial score (nSPS) is 12.4. The van der Waals surface area contributed by atoms with Crippen molar-refractivity contribution in [2.45, 2.75) is 38.8 Å². The number of anilines is 1. The molecule has 1 aromatic heterocycles. The van der Waals surface area contributed by atoms with Gasteiger partial charge in [-0.3, -0.25) is 24.0 Å². The van der Waals surface area contributed by atoms with Crippen molar-refractivity contribution >= 4 is 29.3 Å². The monoisotopic (exact) mass is 515 g/mol. The van der Waals surface area contributed by atoms with Crippen LogP contribution in [0, 0.1) is 23.3 Å². The highest BCUT2D eigenvalue weighted by Crippen LogP contribution is 2.26. The van der Waals surface area contributed by atoms with E-state index in [-0.39, 0.29) is 18.2 Å². The topological polar surface area (TPSA) is 144 Å². The van der Waals surface area contributed by atoms with Crippen molar-refractivity contribution < 1.29 is 46.6 Å². The first-order valence-electron chi connectivity index (χ1n) is 10.4. The van der Waals surface area contributed by atoms with Crippen LogP contribution in [0.25, 0.3) is 0 Å². The first-order valence-corrected chi connectivity index (χ1v) is 10.4. The lowest BCUT2D eigenvalue weighted by atomic mass is 10.1. The number of nitrogens with one attached hydrogen (secondary N) is 2. The number of nitrogens with zero attached hydrogens (tertiary/aromatic N) is 1. The molecule has 0 bridgehead atoms. The van der Waals surface area contributed by atoms with E-state index in [1.54, 1.807) is 0 Å². The zero-order chi connectivity index (χ0) is 27.2. The first-order chi connectivity index (χ1) is 16.9. The summed E-state index contributed by atoms with van der Waals surface area (Å²) in [5, 5.41) is 13.6. The van der Waals surface area contributed by atoms with Gasteiger partial charge in [0.15, 0.2) is 23.2 Å². The number of rotatable bonds is 11. The highest BCUT2D eigenvalue weighted by atomic mass is 19.2. The lowest BCUT2D eigenvalue weighted by Gasteiger charge is -2.22. The molecular weight excluding hydrogens is 494 g/mol. The standard InChI is InChI=1S/C22H21F4N3O7/c1-3-15(29-6-4-5-13(22(29)35)27-10(2)30)21(34)28-14(8-17(32)33)16(31)9-36-20-18(25)11(23)7-12(24)19(20)26/h4-7,14-15H,3,8-9H2,1-2H3,(H,27,30)(H,28,34)(H,32,33)/t14-,15?/m0/s1. The minimum Gasteiger partial charge on any atom is -0.481 e. The molecule has 0 saturated carbocycles. The Morgan fingerprint density at radius 2 is 1.72 bits per heavy atom. The number of amides is 2. The highest BCUT2D eigenvalue weighted by molar-refractivity contribution is 5.93. The van der Waals surface area contributed by atoms with E-state index in [9.17, 15) is 41.5 Å². The summed E-state index contributed by atoms with van der Waals surface area (Å²) in [5.74, 6) is -13.2. The molecule has 3 N–H and O–H groups in total. The average molecular weight is 515 g/mol. The predicted octanol–water partition coefficient (Wildman–Crippen LogP) is 1.92. The first kappa shape index (κ1) is 28.0. The minimum absolute atomic E-state index is 0.00125. The Morgan fingerprint density at radius 3 is 2.25 bits per heavy atom. The molecule has 194 valence electrons. The summed E-state index contributed by atoms with van der Waals surface area (Å²) in [4.78, 5) is 60.5. The van der Waals surface area contributed by atoms with Crippen molar-refractivity contribution in [3.05, 3.63) is 58.0 Å². The summed E-state index contributed by atoms with van der Waals surface area (Å²) < 4.78 is 59.7. The van der Waals surface area contributed by atoms with Crippen LogP contribution in [0.2, 0.25) is 0 Å². The van der Waals surface area contributed by atoms with Gasteiger partial charge in [0.1, 0.15) is 24.4 Å². The second-order valence-corrected chi connectivity index (χ2v) is 7.45. The SMILES string of the molecule is CCC(C(=O)N[C@@H](CC(=O)O)C(=O)COc1c(F)c(F)cc(F)c1F)n1cccc(NC(C)=O)c1=O. The third kappa shape index (κ3) is 6.67. The van der Waals surface area contributed by atoms with Gasteiger partial charge in [-0.25, -0.2) is 8.78 Å². The van der Waals surface area contributed by atoms with Crippen LogP contribution in [0.4, 0.5) is 23.2 Å². The van der Waals surface area contributed by atoms with E-state index >= 15 is 0 Å². The molecule has 1 unspecified atom stereocenters. The van der Waals surface area contributed by atoms with Crippen LogP contribution in [-0.2, 0) is 19.2 Å². The summed E-state index contributed by atoms with van der Waals surface area (Å²) in [6, 6.07) is -0.434. The van der Waals surface area contributed by atoms with E-state index in [1.807, 2.05) is 0 Å². The molecule has 10 nitrogen and oxygen atoms in total. The quantitative estimate of drug-likeness (QED) is 0.306. The van der Waals surface area contributed by atoms with Crippen LogP contribution in [0.15, 0.2) is 29.2 Å². The lowest BCUT2D eigenvalue weighted by Crippen LogP contribution is -2.48. The van der Waals surface area contributed by atoms with Crippen LogP contribution in [0.1, 0.15) is 32.7 Å². The number of pyridine rings is 1. The van der Waals surface area contributed by atoms with Crippen LogP contribution in [-0.4, -0.2) is 45.9 Å². The molecule has 0 aliphatic rings. The van der Waals surface area contributed by atoms with Gasteiger partial charge in [-0.1, -0.05) is 6.92 Å². The molecule has 2 rings (SSSR count). The molecule has 14 heteroatoms. The van der Waals surface area contributed by atoms with Gasteiger partial charge in [-0.15, -0.1) is 0 Å². The Bertz CT molecular complexity index is 1220. The van der Waals surface area contributed by atoms with Crippen LogP contribution in [0.5, 0.6) is 5.75 Å². The number of benzene rings is 1. The van der Waals surface area contributed by atoms with E-state index in [1.165, 1.54) is 32.2 Å². The molecule has 1 heterocycles. The van der Waals surface area contributed by atoms with E-state index in [0.717, 1.165) is 4.57 Å². The molecule has 0 radical (unpaired) electrons. The highest BCUT2D eigenvalue weighted by Gasteiger charge is 2.30. The third-order valence-electron chi connectivity index (χ3n) is 4.82. The fourth-order valence-electron chi connectivity index (χ4n) is 3.16. The van der Waals surface area contributed by atoms with Crippen molar-refractivity contribution in [3.63, 3.8) is 0 Å². The van der Waals surface area contributed by atoms with E-state index in [0.29, 0.717) is 0 Å². The number of carboxylic acid groups (broad SMARTS) is 1. The number of ether oxygens (including phenoxy) is 1. The van der Waals surface area contributed by atoms with Gasteiger partial charge in [-0.2, -0.15) is 8.78 Å². The number of carbonyl (C=O) groups is 4. The molecule has 0 aliphatic carbocycles. The van der Waals surface area contributed by atoms with Gasteiger partial charge in [-0.05, 0) is 18.6 Å². The molecule has 36 heavy (non-hydrogen) atoms. The Hall–Kier alpha value is -4.23. The number of hydrogen-bond donors (Lipinski definition) is 3. The predicted molar refractivity (Wildman–Crippen MR) is 115 cm³/mol. The van der Waals surface area contributed by atoms with Gasteiger partial charge in [0.05, 0.1) is 6.42 Å². The van der Waals surface area contributed by atoms with Crippen LogP contribution >= 0.6 is 0 Å². The van der Waals surface area contributed by atoms with Crippen LogP contribution in [0.3, 0.4) is 0 Å². The Balaban J connectivity index is 2.26. The number of aliphatic carboxylic acids is 1. The zero-order valence-electron chi connectivity index (χ0n) is 18.9.